The monoisotopic (exact) mass is 260 g/mol. The third-order valence-electron chi connectivity index (χ3n) is 2.42. The van der Waals surface area contributed by atoms with Gasteiger partial charge in [-0.15, -0.1) is 0 Å². The molecule has 2 rings (SSSR count). The van der Waals surface area contributed by atoms with Crippen LogP contribution < -0.4 is 0 Å². The molecule has 2 heteroatoms. The molecule has 0 aromatic heterocycles. The van der Waals surface area contributed by atoms with E-state index in [4.69, 9.17) is 11.6 Å². The molecule has 0 unspecified atom stereocenters. The van der Waals surface area contributed by atoms with Crippen molar-refractivity contribution >= 4 is 17.4 Å². The highest BCUT2D eigenvalue weighted by Crippen LogP contribution is 2.14. The molecule has 0 aliphatic carbocycles. The smallest absolute Gasteiger partial charge is 0.193 e. The van der Waals surface area contributed by atoms with Gasteiger partial charge in [-0.2, -0.15) is 0 Å². The number of halogens is 1. The van der Waals surface area contributed by atoms with Crippen LogP contribution >= 0.6 is 11.6 Å². The van der Waals surface area contributed by atoms with Gasteiger partial charge < -0.3 is 0 Å². The van der Waals surface area contributed by atoms with E-state index in [0.717, 1.165) is 5.56 Å². The van der Waals surface area contributed by atoms with E-state index < -0.39 is 0 Å². The Balaban J connectivity index is 0.000000771. The molecule has 0 amide bonds. The Morgan fingerprint density at radius 1 is 0.833 bits per heavy atom. The number of carbonyl (C=O) groups is 1. The van der Waals surface area contributed by atoms with Gasteiger partial charge in [0.2, 0.25) is 0 Å². The zero-order valence-corrected chi connectivity index (χ0v) is 11.7. The molecule has 0 heterocycles. The summed E-state index contributed by atoms with van der Waals surface area (Å²) in [6, 6.07) is 14.5. The van der Waals surface area contributed by atoms with Gasteiger partial charge in [0, 0.05) is 16.1 Å². The van der Waals surface area contributed by atoms with Gasteiger partial charge in [0.05, 0.1) is 0 Å². The van der Waals surface area contributed by atoms with Gasteiger partial charge >= 0.3 is 0 Å². The van der Waals surface area contributed by atoms with E-state index in [0.29, 0.717) is 16.1 Å². The second-order valence-electron chi connectivity index (χ2n) is 3.70. The molecule has 0 N–H and O–H groups in total. The van der Waals surface area contributed by atoms with Crippen molar-refractivity contribution < 1.29 is 4.79 Å². The Kier molecular flexibility index (Phi) is 5.60. The molecule has 2 aromatic carbocycles. The van der Waals surface area contributed by atoms with Gasteiger partial charge in [-0.25, -0.2) is 0 Å². The number of carbonyl (C=O) groups excluding carboxylic acids is 1. The lowest BCUT2D eigenvalue weighted by Crippen LogP contribution is -2.00. The molecule has 0 aliphatic heterocycles. The maximum atomic E-state index is 12.0. The quantitative estimate of drug-likeness (QED) is 0.702. The van der Waals surface area contributed by atoms with Gasteiger partial charge in [0.25, 0.3) is 0 Å². The van der Waals surface area contributed by atoms with Crippen molar-refractivity contribution in [2.45, 2.75) is 20.8 Å². The summed E-state index contributed by atoms with van der Waals surface area (Å²) in [5.74, 6) is 0.0247. The van der Waals surface area contributed by atoms with Crippen LogP contribution in [0.25, 0.3) is 0 Å². The Bertz CT molecular complexity index is 450. The molecular formula is C16H17ClO. The molecule has 1 nitrogen and oxygen atoms in total. The van der Waals surface area contributed by atoms with Crippen LogP contribution in [0.3, 0.4) is 0 Å². The molecule has 0 fully saturated rings. The fourth-order valence-electron chi connectivity index (χ4n) is 1.47. The predicted molar refractivity (Wildman–Crippen MR) is 77.4 cm³/mol. The van der Waals surface area contributed by atoms with Gasteiger partial charge in [0.1, 0.15) is 0 Å². The molecule has 0 bridgehead atoms. The number of hydrogen-bond donors (Lipinski definition) is 0. The highest BCUT2D eigenvalue weighted by atomic mass is 35.5. The first-order valence-corrected chi connectivity index (χ1v) is 6.41. The molecular weight excluding hydrogens is 244 g/mol. The molecule has 0 spiro atoms. The van der Waals surface area contributed by atoms with Gasteiger partial charge in [-0.3, -0.25) is 4.79 Å². The predicted octanol–water partition coefficient (Wildman–Crippen LogP) is 4.91. The fourth-order valence-corrected chi connectivity index (χ4v) is 1.60. The van der Waals surface area contributed by atoms with Crippen LogP contribution in [0.1, 0.15) is 35.3 Å². The minimum atomic E-state index is 0.0247. The van der Waals surface area contributed by atoms with Crippen molar-refractivity contribution in [2.75, 3.05) is 0 Å². The lowest BCUT2D eigenvalue weighted by molar-refractivity contribution is 0.103. The second kappa shape index (κ2) is 6.97. The van der Waals surface area contributed by atoms with Crippen LogP contribution in [0.2, 0.25) is 5.02 Å². The molecule has 0 atom stereocenters. The van der Waals surface area contributed by atoms with Crippen LogP contribution in [-0.2, 0) is 0 Å². The van der Waals surface area contributed by atoms with E-state index in [9.17, 15) is 4.79 Å². The maximum absolute atomic E-state index is 12.0. The van der Waals surface area contributed by atoms with Crippen molar-refractivity contribution in [3.05, 3.63) is 70.2 Å². The highest BCUT2D eigenvalue weighted by Gasteiger charge is 2.07. The zero-order valence-electron chi connectivity index (χ0n) is 10.9. The van der Waals surface area contributed by atoms with Crippen LogP contribution in [0.4, 0.5) is 0 Å². The van der Waals surface area contributed by atoms with Crippen LogP contribution in [0, 0.1) is 6.92 Å². The van der Waals surface area contributed by atoms with Crippen molar-refractivity contribution in [2.24, 2.45) is 0 Å². The minimum absolute atomic E-state index is 0.0247. The summed E-state index contributed by atoms with van der Waals surface area (Å²) >= 11 is 5.77. The maximum Gasteiger partial charge on any atom is 0.193 e. The van der Waals surface area contributed by atoms with Crippen molar-refractivity contribution in [3.8, 4) is 0 Å². The van der Waals surface area contributed by atoms with E-state index in [1.807, 2.05) is 45.0 Å². The van der Waals surface area contributed by atoms with E-state index in [1.54, 1.807) is 24.3 Å². The molecule has 2 aromatic rings. The van der Waals surface area contributed by atoms with Crippen molar-refractivity contribution in [3.63, 3.8) is 0 Å². The molecule has 0 saturated carbocycles. The fraction of sp³-hybridized carbons (Fsp3) is 0.188. The summed E-state index contributed by atoms with van der Waals surface area (Å²) in [4.78, 5) is 12.0. The third kappa shape index (κ3) is 3.71. The number of benzene rings is 2. The third-order valence-corrected chi connectivity index (χ3v) is 2.67. The minimum Gasteiger partial charge on any atom is -0.289 e. The van der Waals surface area contributed by atoms with Crippen molar-refractivity contribution in [1.29, 1.82) is 0 Å². The van der Waals surface area contributed by atoms with E-state index in [2.05, 4.69) is 0 Å². The Hall–Kier alpha value is -1.60. The van der Waals surface area contributed by atoms with E-state index in [1.165, 1.54) is 0 Å². The first-order chi connectivity index (χ1) is 8.66. The lowest BCUT2D eigenvalue weighted by atomic mass is 10.0. The first-order valence-electron chi connectivity index (χ1n) is 6.04. The normalized spacial score (nSPS) is 9.33. The average molecular weight is 261 g/mol. The second-order valence-corrected chi connectivity index (χ2v) is 4.14. The zero-order chi connectivity index (χ0) is 13.5. The van der Waals surface area contributed by atoms with E-state index in [-0.39, 0.29) is 5.78 Å². The SMILES string of the molecule is CC.Cc1ccc(C(=O)c2ccc(Cl)cc2)cc1. The lowest BCUT2D eigenvalue weighted by Gasteiger charge is -2.01. The number of rotatable bonds is 2. The van der Waals surface area contributed by atoms with Gasteiger partial charge in [-0.05, 0) is 31.2 Å². The van der Waals surface area contributed by atoms with Gasteiger partial charge in [0.15, 0.2) is 5.78 Å². The summed E-state index contributed by atoms with van der Waals surface area (Å²) in [6.45, 7) is 6.00. The van der Waals surface area contributed by atoms with Crippen LogP contribution in [0.15, 0.2) is 48.5 Å². The van der Waals surface area contributed by atoms with E-state index >= 15 is 0 Å². The summed E-state index contributed by atoms with van der Waals surface area (Å²) < 4.78 is 0. The summed E-state index contributed by atoms with van der Waals surface area (Å²) in [6.07, 6.45) is 0. The van der Waals surface area contributed by atoms with Gasteiger partial charge in [-0.1, -0.05) is 55.3 Å². The number of aryl methyl sites for hydroxylation is 1. The van der Waals surface area contributed by atoms with Crippen LogP contribution in [-0.4, -0.2) is 5.78 Å². The molecule has 0 radical (unpaired) electrons. The first kappa shape index (κ1) is 14.5. The Labute approximate surface area is 113 Å². The molecule has 0 aliphatic rings. The van der Waals surface area contributed by atoms with Crippen LogP contribution in [0.5, 0.6) is 0 Å². The molecule has 0 saturated heterocycles. The summed E-state index contributed by atoms with van der Waals surface area (Å²) in [5, 5.41) is 0.639. The Morgan fingerprint density at radius 2 is 1.22 bits per heavy atom. The highest BCUT2D eigenvalue weighted by molar-refractivity contribution is 6.30. The summed E-state index contributed by atoms with van der Waals surface area (Å²) in [5.41, 5.74) is 2.51. The average Bonchev–Trinajstić information content (AvgIpc) is 2.42. The summed E-state index contributed by atoms with van der Waals surface area (Å²) in [7, 11) is 0. The Morgan fingerprint density at radius 3 is 1.67 bits per heavy atom. The largest absolute Gasteiger partial charge is 0.289 e. The van der Waals surface area contributed by atoms with Crippen molar-refractivity contribution in [1.82, 2.24) is 0 Å². The standard InChI is InChI=1S/C14H11ClO.C2H6/c1-10-2-4-11(5-3-10)14(16)12-6-8-13(15)9-7-12;1-2/h2-9H,1H3;1-2H3. The number of hydrogen-bond acceptors (Lipinski definition) is 1. The topological polar surface area (TPSA) is 17.1 Å². The molecule has 18 heavy (non-hydrogen) atoms. The number of ketones is 1. The molecule has 94 valence electrons.